The Kier molecular flexibility index (Phi) is 21.8. The number of amides is 2. The Hall–Kier alpha value is -3.41. The van der Waals surface area contributed by atoms with Crippen molar-refractivity contribution in [2.75, 3.05) is 13.1 Å². The summed E-state index contributed by atoms with van der Waals surface area (Å²) in [5.41, 5.74) is 0. The van der Waals surface area contributed by atoms with Gasteiger partial charge in [0, 0.05) is 31.7 Å². The van der Waals surface area contributed by atoms with Crippen LogP contribution >= 0.6 is 0 Å². The topological polar surface area (TPSA) is 95.5 Å². The molecule has 0 aliphatic carbocycles. The van der Waals surface area contributed by atoms with Crippen molar-refractivity contribution in [3.63, 3.8) is 0 Å². The lowest BCUT2D eigenvalue weighted by Crippen LogP contribution is -2.33. The molecule has 0 unspecified atom stereocenters. The second-order valence-electron chi connectivity index (χ2n) is 7.27. The molecular formula is C28H40N2O4. The number of hydrogen-bond donors (Lipinski definition) is 3. The molecule has 2 amide bonds. The Morgan fingerprint density at radius 2 is 1.06 bits per heavy atom. The highest BCUT2D eigenvalue weighted by atomic mass is 16.4. The molecule has 0 aromatic carbocycles. The zero-order valence-electron chi connectivity index (χ0n) is 20.3. The van der Waals surface area contributed by atoms with Gasteiger partial charge in [-0.05, 0) is 44.9 Å². The van der Waals surface area contributed by atoms with E-state index in [0.717, 1.165) is 50.7 Å². The highest BCUT2D eigenvalue weighted by molar-refractivity contribution is 5.93. The van der Waals surface area contributed by atoms with Gasteiger partial charge >= 0.3 is 5.97 Å². The first-order chi connectivity index (χ1) is 16.6. The van der Waals surface area contributed by atoms with E-state index in [4.69, 9.17) is 5.11 Å². The molecular weight excluding hydrogens is 428 g/mol. The molecule has 6 nitrogen and oxygen atoms in total. The largest absolute Gasteiger partial charge is 0.478 e. The standard InChI is InChI=1S/C28H40N2O4/c1-2-3-4-5-6-7-8-9-10-11-12-13-14-15-16-17-18-19-20-21-26(31)29-24-25-30-27(32)22-23-28(33)34/h3-4,6-7,9-10,12-13,15-16,18-19,22-23H,2,5,8,11,14,17,20-21,24-25H2,1H3,(H,29,31)(H,30,32)(H,33,34). The Morgan fingerprint density at radius 3 is 1.53 bits per heavy atom. The van der Waals surface area contributed by atoms with E-state index in [0.29, 0.717) is 19.4 Å². The Balaban J connectivity index is 3.64. The zero-order chi connectivity index (χ0) is 25.1. The minimum absolute atomic E-state index is 0.0881. The molecule has 6 heteroatoms. The van der Waals surface area contributed by atoms with Crippen LogP contribution in [0.2, 0.25) is 0 Å². The second-order valence-corrected chi connectivity index (χ2v) is 7.27. The van der Waals surface area contributed by atoms with Crippen molar-refractivity contribution in [3.05, 3.63) is 85.1 Å². The fourth-order valence-corrected chi connectivity index (χ4v) is 2.54. The van der Waals surface area contributed by atoms with Gasteiger partial charge in [-0.2, -0.15) is 0 Å². The van der Waals surface area contributed by atoms with Gasteiger partial charge in [0.05, 0.1) is 0 Å². The van der Waals surface area contributed by atoms with Crippen molar-refractivity contribution < 1.29 is 19.5 Å². The van der Waals surface area contributed by atoms with Crippen LogP contribution in [0.15, 0.2) is 85.1 Å². The van der Waals surface area contributed by atoms with Gasteiger partial charge in [0.25, 0.3) is 0 Å². The second kappa shape index (κ2) is 24.2. The zero-order valence-corrected chi connectivity index (χ0v) is 20.3. The first-order valence-electron chi connectivity index (χ1n) is 11.9. The van der Waals surface area contributed by atoms with Crippen LogP contribution in [-0.2, 0) is 14.4 Å². The van der Waals surface area contributed by atoms with Gasteiger partial charge in [-0.3, -0.25) is 9.59 Å². The molecule has 186 valence electrons. The minimum atomic E-state index is -1.18. The lowest BCUT2D eigenvalue weighted by Gasteiger charge is -2.04. The van der Waals surface area contributed by atoms with Crippen LogP contribution < -0.4 is 10.6 Å². The molecule has 0 aliphatic heterocycles. The van der Waals surface area contributed by atoms with Crippen molar-refractivity contribution in [1.29, 1.82) is 0 Å². The number of rotatable bonds is 19. The summed E-state index contributed by atoms with van der Waals surface area (Å²) >= 11 is 0. The fraction of sp³-hybridized carbons (Fsp3) is 0.393. The number of nitrogens with one attached hydrogen (secondary N) is 2. The molecule has 0 bridgehead atoms. The molecule has 3 N–H and O–H groups in total. The van der Waals surface area contributed by atoms with Gasteiger partial charge in [-0.15, -0.1) is 0 Å². The highest BCUT2D eigenvalue weighted by Gasteiger charge is 2.00. The van der Waals surface area contributed by atoms with Crippen molar-refractivity contribution in [2.24, 2.45) is 0 Å². The maximum Gasteiger partial charge on any atom is 0.328 e. The van der Waals surface area contributed by atoms with Crippen LogP contribution in [0, 0.1) is 0 Å². The van der Waals surface area contributed by atoms with E-state index < -0.39 is 11.9 Å². The molecule has 0 saturated carbocycles. The Bertz CT molecular complexity index is 771. The number of carboxylic acid groups (broad SMARTS) is 1. The Labute approximate surface area is 204 Å². The number of carbonyl (C=O) groups is 3. The van der Waals surface area contributed by atoms with E-state index in [1.54, 1.807) is 0 Å². The van der Waals surface area contributed by atoms with Gasteiger partial charge in [0.1, 0.15) is 0 Å². The number of allylic oxidation sites excluding steroid dienone is 12. The molecule has 0 heterocycles. The summed E-state index contributed by atoms with van der Waals surface area (Å²) < 4.78 is 0. The average molecular weight is 469 g/mol. The molecule has 0 atom stereocenters. The molecule has 0 aromatic rings. The SMILES string of the molecule is CCC=CCC=CCC=CCC=CCC=CCC=CCCC(=O)NCCNC(=O)C=CC(=O)O. The van der Waals surface area contributed by atoms with Crippen molar-refractivity contribution in [2.45, 2.75) is 58.3 Å². The number of carboxylic acids is 1. The summed E-state index contributed by atoms with van der Waals surface area (Å²) in [4.78, 5) is 33.2. The summed E-state index contributed by atoms with van der Waals surface area (Å²) in [5, 5.41) is 13.6. The first kappa shape index (κ1) is 30.6. The number of hydrogen-bond acceptors (Lipinski definition) is 3. The van der Waals surface area contributed by atoms with Crippen LogP contribution in [0.3, 0.4) is 0 Å². The summed E-state index contributed by atoms with van der Waals surface area (Å²) in [6, 6.07) is 0. The third-order valence-electron chi connectivity index (χ3n) is 4.26. The van der Waals surface area contributed by atoms with Crippen LogP contribution in [0.4, 0.5) is 0 Å². The summed E-state index contributed by atoms with van der Waals surface area (Å²) in [5.74, 6) is -1.78. The summed E-state index contributed by atoms with van der Waals surface area (Å²) in [6.45, 7) is 2.69. The van der Waals surface area contributed by atoms with E-state index >= 15 is 0 Å². The molecule has 0 saturated heterocycles. The maximum atomic E-state index is 11.7. The van der Waals surface area contributed by atoms with E-state index in [1.807, 2.05) is 12.2 Å². The van der Waals surface area contributed by atoms with Crippen LogP contribution in [-0.4, -0.2) is 36.0 Å². The predicted molar refractivity (Wildman–Crippen MR) is 140 cm³/mol. The summed E-state index contributed by atoms with van der Waals surface area (Å²) in [6.07, 6.45) is 34.2. The van der Waals surface area contributed by atoms with E-state index in [9.17, 15) is 14.4 Å². The van der Waals surface area contributed by atoms with E-state index in [-0.39, 0.29) is 12.5 Å². The quantitative estimate of drug-likeness (QED) is 0.135. The molecule has 34 heavy (non-hydrogen) atoms. The van der Waals surface area contributed by atoms with Gasteiger partial charge in [-0.1, -0.05) is 79.8 Å². The van der Waals surface area contributed by atoms with E-state index in [2.05, 4.69) is 78.3 Å². The Morgan fingerprint density at radius 1 is 0.618 bits per heavy atom. The van der Waals surface area contributed by atoms with Gasteiger partial charge < -0.3 is 15.7 Å². The normalized spacial score (nSPS) is 12.5. The van der Waals surface area contributed by atoms with Gasteiger partial charge in [0.15, 0.2) is 0 Å². The van der Waals surface area contributed by atoms with Crippen LogP contribution in [0.25, 0.3) is 0 Å². The first-order valence-corrected chi connectivity index (χ1v) is 11.9. The van der Waals surface area contributed by atoms with Gasteiger partial charge in [-0.25, -0.2) is 4.79 Å². The molecule has 0 aromatic heterocycles. The van der Waals surface area contributed by atoms with Crippen molar-refractivity contribution >= 4 is 17.8 Å². The molecule has 0 spiro atoms. The van der Waals surface area contributed by atoms with Crippen LogP contribution in [0.5, 0.6) is 0 Å². The molecule has 0 aliphatic rings. The lowest BCUT2D eigenvalue weighted by atomic mass is 10.2. The maximum absolute atomic E-state index is 11.7. The van der Waals surface area contributed by atoms with E-state index in [1.165, 1.54) is 0 Å². The smallest absolute Gasteiger partial charge is 0.328 e. The van der Waals surface area contributed by atoms with Crippen molar-refractivity contribution in [3.8, 4) is 0 Å². The van der Waals surface area contributed by atoms with Crippen molar-refractivity contribution in [1.82, 2.24) is 10.6 Å². The molecule has 0 rings (SSSR count). The summed E-state index contributed by atoms with van der Waals surface area (Å²) in [7, 11) is 0. The lowest BCUT2D eigenvalue weighted by molar-refractivity contribution is -0.131. The number of aliphatic carboxylic acids is 1. The predicted octanol–water partition coefficient (Wildman–Crippen LogP) is 5.34. The van der Waals surface area contributed by atoms with Gasteiger partial charge in [0.2, 0.25) is 11.8 Å². The fourth-order valence-electron chi connectivity index (χ4n) is 2.54. The number of carbonyl (C=O) groups excluding carboxylic acids is 2. The minimum Gasteiger partial charge on any atom is -0.478 e. The monoisotopic (exact) mass is 468 g/mol. The highest BCUT2D eigenvalue weighted by Crippen LogP contribution is 1.97. The third kappa shape index (κ3) is 24.9. The third-order valence-corrected chi connectivity index (χ3v) is 4.26. The average Bonchev–Trinajstić information content (AvgIpc) is 2.82. The molecule has 0 radical (unpaired) electrons. The molecule has 0 fully saturated rings. The van der Waals surface area contributed by atoms with Crippen LogP contribution in [0.1, 0.15) is 58.3 Å².